The highest BCUT2D eigenvalue weighted by Gasteiger charge is 2.08. The minimum Gasteiger partial charge on any atom is -0.508 e. The van der Waals surface area contributed by atoms with Crippen molar-refractivity contribution in [3.8, 4) is 5.75 Å². The van der Waals surface area contributed by atoms with Crippen LogP contribution >= 0.6 is 0 Å². The molecule has 0 saturated heterocycles. The van der Waals surface area contributed by atoms with E-state index in [1.165, 1.54) is 0 Å². The van der Waals surface area contributed by atoms with Gasteiger partial charge in [-0.1, -0.05) is 36.4 Å². The average molecular weight is 303 g/mol. The number of rotatable bonds is 6. The second kappa shape index (κ2) is 7.59. The molecule has 2 aromatic carbocycles. The lowest BCUT2D eigenvalue weighted by atomic mass is 10.1. The third kappa shape index (κ3) is 4.72. The zero-order valence-corrected chi connectivity index (χ0v) is 12.3. The number of phenolic OH excluding ortho intramolecular Hbond substituents is 1. The Hall–Kier alpha value is -2.14. The van der Waals surface area contributed by atoms with Gasteiger partial charge in [0.25, 0.3) is 0 Å². The Kier molecular flexibility index (Phi) is 5.51. The summed E-state index contributed by atoms with van der Waals surface area (Å²) < 4.78 is 12.0. The van der Waals surface area contributed by atoms with Crippen LogP contribution < -0.4 is 5.32 Å². The van der Waals surface area contributed by atoms with E-state index >= 15 is 0 Å². The molecule has 0 radical (unpaired) electrons. The topological polar surface area (TPSA) is 66.4 Å². The molecule has 2 aromatic rings. The van der Waals surface area contributed by atoms with E-state index in [-0.39, 0.29) is 18.1 Å². The molecule has 1 amide bonds. The van der Waals surface area contributed by atoms with Crippen LogP contribution in [-0.2, 0) is 22.0 Å². The van der Waals surface area contributed by atoms with Crippen LogP contribution in [-0.4, -0.2) is 27.5 Å². The predicted molar refractivity (Wildman–Crippen MR) is 82.5 cm³/mol. The molecular weight excluding hydrogens is 286 g/mol. The van der Waals surface area contributed by atoms with Crippen LogP contribution in [0.4, 0.5) is 0 Å². The van der Waals surface area contributed by atoms with E-state index in [9.17, 15) is 14.1 Å². The third-order valence-electron chi connectivity index (χ3n) is 2.96. The van der Waals surface area contributed by atoms with Crippen molar-refractivity contribution < 1.29 is 14.1 Å². The molecule has 2 N–H and O–H groups in total. The Morgan fingerprint density at radius 1 is 1.05 bits per heavy atom. The van der Waals surface area contributed by atoms with Crippen molar-refractivity contribution in [1.29, 1.82) is 0 Å². The summed E-state index contributed by atoms with van der Waals surface area (Å²) in [6.07, 6.45) is 0.116. The van der Waals surface area contributed by atoms with Gasteiger partial charge in [-0.05, 0) is 18.2 Å². The predicted octanol–water partition coefficient (Wildman–Crippen LogP) is 1.86. The van der Waals surface area contributed by atoms with E-state index in [2.05, 4.69) is 5.32 Å². The molecule has 4 nitrogen and oxygen atoms in total. The number of carbonyl (C=O) groups excluding carboxylic acids is 1. The Balaban J connectivity index is 1.77. The van der Waals surface area contributed by atoms with Crippen LogP contribution in [0.5, 0.6) is 5.75 Å². The highest BCUT2D eigenvalue weighted by atomic mass is 32.2. The van der Waals surface area contributed by atoms with Gasteiger partial charge in [0, 0.05) is 22.8 Å². The smallest absolute Gasteiger partial charge is 0.224 e. The maximum atomic E-state index is 12.0. The summed E-state index contributed by atoms with van der Waals surface area (Å²) in [4.78, 5) is 12.5. The van der Waals surface area contributed by atoms with Crippen molar-refractivity contribution >= 4 is 16.7 Å². The van der Waals surface area contributed by atoms with Crippen molar-refractivity contribution in [2.75, 3.05) is 12.3 Å². The van der Waals surface area contributed by atoms with Gasteiger partial charge in [-0.2, -0.15) is 0 Å². The molecule has 21 heavy (non-hydrogen) atoms. The number of phenols is 1. The second-order valence-corrected chi connectivity index (χ2v) is 6.09. The van der Waals surface area contributed by atoms with Gasteiger partial charge in [0.15, 0.2) is 0 Å². The number of para-hydroxylation sites is 1. The largest absolute Gasteiger partial charge is 0.508 e. The molecule has 0 aliphatic rings. The summed E-state index contributed by atoms with van der Waals surface area (Å²) in [6.45, 7) is 0.341. The molecule has 5 heteroatoms. The van der Waals surface area contributed by atoms with Gasteiger partial charge in [-0.15, -0.1) is 0 Å². The van der Waals surface area contributed by atoms with Crippen LogP contribution in [0, 0.1) is 0 Å². The maximum absolute atomic E-state index is 12.0. The zero-order chi connectivity index (χ0) is 15.1. The van der Waals surface area contributed by atoms with Gasteiger partial charge < -0.3 is 10.4 Å². The lowest BCUT2D eigenvalue weighted by Gasteiger charge is -2.06. The minimum absolute atomic E-state index is 0.112. The van der Waals surface area contributed by atoms with Gasteiger partial charge in [-0.25, -0.2) is 0 Å². The van der Waals surface area contributed by atoms with E-state index in [0.29, 0.717) is 17.9 Å². The minimum atomic E-state index is -1.11. The molecule has 0 aliphatic carbocycles. The molecule has 1 atom stereocenters. The van der Waals surface area contributed by atoms with Gasteiger partial charge in [0.2, 0.25) is 5.91 Å². The molecule has 0 bridgehead atoms. The Labute approximate surface area is 126 Å². The Morgan fingerprint density at radius 3 is 2.43 bits per heavy atom. The lowest BCUT2D eigenvalue weighted by Crippen LogP contribution is -2.29. The maximum Gasteiger partial charge on any atom is 0.224 e. The van der Waals surface area contributed by atoms with Crippen molar-refractivity contribution in [2.45, 2.75) is 11.3 Å². The van der Waals surface area contributed by atoms with Gasteiger partial charge >= 0.3 is 0 Å². The van der Waals surface area contributed by atoms with E-state index in [1.807, 2.05) is 18.2 Å². The van der Waals surface area contributed by atoms with Gasteiger partial charge in [-0.3, -0.25) is 9.00 Å². The van der Waals surface area contributed by atoms with E-state index < -0.39 is 10.8 Å². The normalized spacial score (nSPS) is 11.8. The fraction of sp³-hybridized carbons (Fsp3) is 0.188. The molecule has 1 unspecified atom stereocenters. The van der Waals surface area contributed by atoms with Crippen LogP contribution in [0.25, 0.3) is 0 Å². The number of benzene rings is 2. The Bertz CT molecular complexity index is 628. The van der Waals surface area contributed by atoms with Crippen LogP contribution in [0.3, 0.4) is 0 Å². The van der Waals surface area contributed by atoms with Crippen molar-refractivity contribution in [2.24, 2.45) is 0 Å². The van der Waals surface area contributed by atoms with Crippen molar-refractivity contribution in [3.63, 3.8) is 0 Å². The molecule has 0 spiro atoms. The van der Waals surface area contributed by atoms with Gasteiger partial charge in [0.1, 0.15) is 5.75 Å². The quantitative estimate of drug-likeness (QED) is 0.856. The molecule has 0 saturated carbocycles. The first-order chi connectivity index (χ1) is 10.2. The van der Waals surface area contributed by atoms with Crippen molar-refractivity contribution in [1.82, 2.24) is 5.32 Å². The molecule has 0 aromatic heterocycles. The summed E-state index contributed by atoms with van der Waals surface area (Å²) >= 11 is 0. The average Bonchev–Trinajstić information content (AvgIpc) is 2.50. The summed E-state index contributed by atoms with van der Waals surface area (Å²) in [5.41, 5.74) is 0.583. The molecule has 0 aliphatic heterocycles. The summed E-state index contributed by atoms with van der Waals surface area (Å²) in [7, 11) is -1.11. The fourth-order valence-corrected chi connectivity index (χ4v) is 2.85. The number of hydrogen-bond donors (Lipinski definition) is 2. The van der Waals surface area contributed by atoms with Gasteiger partial charge in [0.05, 0.1) is 17.2 Å². The number of carbonyl (C=O) groups is 1. The Morgan fingerprint density at radius 2 is 1.71 bits per heavy atom. The number of hydrogen-bond acceptors (Lipinski definition) is 3. The fourth-order valence-electron chi connectivity index (χ4n) is 1.87. The first-order valence-electron chi connectivity index (χ1n) is 6.64. The molecule has 0 heterocycles. The summed E-state index contributed by atoms with van der Waals surface area (Å²) in [5, 5.41) is 12.3. The van der Waals surface area contributed by atoms with Crippen LogP contribution in [0.15, 0.2) is 59.5 Å². The number of amides is 1. The van der Waals surface area contributed by atoms with E-state index in [4.69, 9.17) is 0 Å². The lowest BCUT2D eigenvalue weighted by molar-refractivity contribution is -0.120. The number of nitrogens with one attached hydrogen (secondary N) is 1. The highest BCUT2D eigenvalue weighted by molar-refractivity contribution is 7.85. The third-order valence-corrected chi connectivity index (χ3v) is 4.33. The SMILES string of the molecule is O=C(Cc1ccccc1O)NCCS(=O)c1ccccc1. The van der Waals surface area contributed by atoms with E-state index in [0.717, 1.165) is 4.90 Å². The second-order valence-electron chi connectivity index (χ2n) is 4.52. The summed E-state index contributed by atoms with van der Waals surface area (Å²) in [6, 6.07) is 15.9. The molecule has 110 valence electrons. The summed E-state index contributed by atoms with van der Waals surface area (Å²) in [5.74, 6) is 0.290. The number of aromatic hydroxyl groups is 1. The van der Waals surface area contributed by atoms with Crippen molar-refractivity contribution in [3.05, 3.63) is 60.2 Å². The molecule has 2 rings (SSSR count). The first-order valence-corrected chi connectivity index (χ1v) is 7.95. The standard InChI is InChI=1S/C16H17NO3S/c18-15-9-5-4-6-13(15)12-16(19)17-10-11-21(20)14-7-2-1-3-8-14/h1-9,18H,10-12H2,(H,17,19). The molecular formula is C16H17NO3S. The van der Waals surface area contributed by atoms with Crippen LogP contribution in [0.1, 0.15) is 5.56 Å². The molecule has 0 fully saturated rings. The zero-order valence-electron chi connectivity index (χ0n) is 11.5. The van der Waals surface area contributed by atoms with Crippen LogP contribution in [0.2, 0.25) is 0 Å². The monoisotopic (exact) mass is 303 g/mol. The highest BCUT2D eigenvalue weighted by Crippen LogP contribution is 2.15. The first kappa shape index (κ1) is 15.3. The van der Waals surface area contributed by atoms with E-state index in [1.54, 1.807) is 36.4 Å².